The van der Waals surface area contributed by atoms with Gasteiger partial charge < -0.3 is 15.1 Å². The molecule has 1 aromatic carbocycles. The van der Waals surface area contributed by atoms with Crippen molar-refractivity contribution in [1.82, 2.24) is 14.6 Å². The molecule has 0 saturated carbocycles. The number of rotatable bonds is 3. The molecule has 0 atom stereocenters. The molecule has 0 unspecified atom stereocenters. The highest BCUT2D eigenvalue weighted by molar-refractivity contribution is 5.67. The molecule has 2 aromatic heterocycles. The summed E-state index contributed by atoms with van der Waals surface area (Å²) in [5.74, 6) is 7.16. The minimum Gasteiger partial charge on any atom is -0.378 e. The van der Waals surface area contributed by atoms with Crippen LogP contribution in [0.4, 0.5) is 11.6 Å². The van der Waals surface area contributed by atoms with E-state index in [1.165, 1.54) is 0 Å². The van der Waals surface area contributed by atoms with Crippen molar-refractivity contribution in [2.24, 2.45) is 5.84 Å². The molecule has 4 rings (SSSR count). The number of benzene rings is 1. The summed E-state index contributed by atoms with van der Waals surface area (Å²) < 4.78 is 7.31. The lowest BCUT2D eigenvalue weighted by Crippen LogP contribution is -2.37. The number of hydrogen-bond donors (Lipinski definition) is 2. The number of nitrogens with two attached hydrogens (primary N) is 1. The molecule has 3 heterocycles. The number of morpholine rings is 1. The molecular formula is C16H18N6O. The first-order valence-electron chi connectivity index (χ1n) is 7.61. The lowest BCUT2D eigenvalue weighted by molar-refractivity contribution is 0.122. The number of ether oxygens (including phenoxy) is 1. The van der Waals surface area contributed by atoms with Crippen LogP contribution in [-0.2, 0) is 4.74 Å². The monoisotopic (exact) mass is 310 g/mol. The van der Waals surface area contributed by atoms with E-state index < -0.39 is 0 Å². The molecule has 0 amide bonds. The third kappa shape index (κ3) is 2.60. The largest absolute Gasteiger partial charge is 0.378 e. The van der Waals surface area contributed by atoms with Crippen LogP contribution >= 0.6 is 0 Å². The zero-order valence-corrected chi connectivity index (χ0v) is 12.6. The molecule has 0 aliphatic carbocycles. The van der Waals surface area contributed by atoms with Crippen LogP contribution in [0.1, 0.15) is 0 Å². The summed E-state index contributed by atoms with van der Waals surface area (Å²) in [4.78, 5) is 6.74. The van der Waals surface area contributed by atoms with E-state index in [1.807, 2.05) is 47.0 Å². The number of nitrogens with one attached hydrogen (secondary N) is 1. The lowest BCUT2D eigenvalue weighted by Gasteiger charge is -2.29. The molecule has 3 aromatic rings. The van der Waals surface area contributed by atoms with Gasteiger partial charge >= 0.3 is 0 Å². The van der Waals surface area contributed by atoms with Gasteiger partial charge in [0.15, 0.2) is 5.65 Å². The maximum Gasteiger partial charge on any atom is 0.160 e. The van der Waals surface area contributed by atoms with Gasteiger partial charge in [0.2, 0.25) is 0 Å². The predicted molar refractivity (Wildman–Crippen MR) is 89.3 cm³/mol. The van der Waals surface area contributed by atoms with Crippen LogP contribution in [0.2, 0.25) is 0 Å². The van der Waals surface area contributed by atoms with Crippen LogP contribution < -0.4 is 16.2 Å². The summed E-state index contributed by atoms with van der Waals surface area (Å²) in [5.41, 5.74) is 5.36. The molecule has 23 heavy (non-hydrogen) atoms. The van der Waals surface area contributed by atoms with E-state index >= 15 is 0 Å². The molecular weight excluding hydrogens is 292 g/mol. The minimum absolute atomic E-state index is 0.624. The fourth-order valence-electron chi connectivity index (χ4n) is 2.80. The topological polar surface area (TPSA) is 80.7 Å². The summed E-state index contributed by atoms with van der Waals surface area (Å²) in [6, 6.07) is 14.0. The van der Waals surface area contributed by atoms with E-state index in [1.54, 1.807) is 0 Å². The number of anilines is 2. The molecule has 1 saturated heterocycles. The van der Waals surface area contributed by atoms with Gasteiger partial charge in [0.05, 0.1) is 18.9 Å². The third-order valence-electron chi connectivity index (χ3n) is 3.96. The smallest absolute Gasteiger partial charge is 0.160 e. The molecule has 7 heteroatoms. The van der Waals surface area contributed by atoms with E-state index in [0.717, 1.165) is 35.8 Å². The SMILES string of the molecule is NNc1cc(N2CCOCC2)n2nc(-c3ccccc3)cc2n1. The molecule has 1 aliphatic rings. The van der Waals surface area contributed by atoms with Crippen LogP contribution in [0, 0.1) is 0 Å². The van der Waals surface area contributed by atoms with Gasteiger partial charge in [-0.2, -0.15) is 9.61 Å². The van der Waals surface area contributed by atoms with Crippen molar-refractivity contribution in [1.29, 1.82) is 0 Å². The second-order valence-corrected chi connectivity index (χ2v) is 5.41. The fraction of sp³-hybridized carbons (Fsp3) is 0.250. The highest BCUT2D eigenvalue weighted by Crippen LogP contribution is 2.25. The summed E-state index contributed by atoms with van der Waals surface area (Å²) in [5, 5.41) is 4.74. The first kappa shape index (κ1) is 14.0. The summed E-state index contributed by atoms with van der Waals surface area (Å²) in [6.07, 6.45) is 0. The molecule has 0 spiro atoms. The Bertz CT molecular complexity index is 810. The van der Waals surface area contributed by atoms with Crippen LogP contribution in [0.5, 0.6) is 0 Å². The lowest BCUT2D eigenvalue weighted by atomic mass is 10.2. The van der Waals surface area contributed by atoms with Gasteiger partial charge in [0.1, 0.15) is 11.6 Å². The Morgan fingerprint density at radius 1 is 1.09 bits per heavy atom. The number of hydrogen-bond acceptors (Lipinski definition) is 6. The van der Waals surface area contributed by atoms with Gasteiger partial charge in [0.25, 0.3) is 0 Å². The Morgan fingerprint density at radius 2 is 1.87 bits per heavy atom. The standard InChI is InChI=1S/C16H18N6O/c17-19-14-11-16(21-6-8-23-9-7-21)22-15(18-14)10-13(20-22)12-4-2-1-3-5-12/h1-5,10-11H,6-9,17H2,(H,18,19). The summed E-state index contributed by atoms with van der Waals surface area (Å²) in [6.45, 7) is 3.07. The minimum atomic E-state index is 0.624. The Hall–Kier alpha value is -2.64. The van der Waals surface area contributed by atoms with Gasteiger partial charge in [0, 0.05) is 30.8 Å². The van der Waals surface area contributed by atoms with Gasteiger partial charge in [-0.3, -0.25) is 0 Å². The summed E-state index contributed by atoms with van der Waals surface area (Å²) >= 11 is 0. The number of nitrogen functional groups attached to an aromatic ring is 1. The van der Waals surface area contributed by atoms with Crippen molar-refractivity contribution >= 4 is 17.3 Å². The van der Waals surface area contributed by atoms with Crippen molar-refractivity contribution in [3.63, 3.8) is 0 Å². The Balaban J connectivity index is 1.85. The average molecular weight is 310 g/mol. The number of hydrazine groups is 1. The van der Waals surface area contributed by atoms with Crippen LogP contribution in [0.15, 0.2) is 42.5 Å². The van der Waals surface area contributed by atoms with Crippen molar-refractivity contribution < 1.29 is 4.74 Å². The molecule has 0 bridgehead atoms. The zero-order valence-electron chi connectivity index (χ0n) is 12.6. The second-order valence-electron chi connectivity index (χ2n) is 5.41. The third-order valence-corrected chi connectivity index (χ3v) is 3.96. The molecule has 7 nitrogen and oxygen atoms in total. The number of nitrogens with zero attached hydrogens (tertiary/aromatic N) is 4. The summed E-state index contributed by atoms with van der Waals surface area (Å²) in [7, 11) is 0. The van der Waals surface area contributed by atoms with Gasteiger partial charge in [-0.15, -0.1) is 0 Å². The maximum atomic E-state index is 5.57. The number of fused-ring (bicyclic) bond motifs is 1. The van der Waals surface area contributed by atoms with E-state index in [4.69, 9.17) is 15.7 Å². The van der Waals surface area contributed by atoms with Crippen LogP contribution in [0.25, 0.3) is 16.9 Å². The Morgan fingerprint density at radius 3 is 2.61 bits per heavy atom. The molecule has 118 valence electrons. The first-order chi connectivity index (χ1) is 11.3. The average Bonchev–Trinajstić information content (AvgIpc) is 3.06. The van der Waals surface area contributed by atoms with Gasteiger partial charge in [-0.25, -0.2) is 10.8 Å². The van der Waals surface area contributed by atoms with Crippen LogP contribution in [-0.4, -0.2) is 40.9 Å². The Kier molecular flexibility index (Phi) is 3.57. The van der Waals surface area contributed by atoms with Crippen molar-refractivity contribution in [2.75, 3.05) is 36.6 Å². The van der Waals surface area contributed by atoms with Crippen molar-refractivity contribution in [3.05, 3.63) is 42.5 Å². The van der Waals surface area contributed by atoms with Crippen molar-refractivity contribution in [2.45, 2.75) is 0 Å². The molecule has 0 radical (unpaired) electrons. The molecule has 1 fully saturated rings. The first-order valence-corrected chi connectivity index (χ1v) is 7.61. The molecule has 3 N–H and O–H groups in total. The highest BCUT2D eigenvalue weighted by atomic mass is 16.5. The predicted octanol–water partition coefficient (Wildman–Crippen LogP) is 1.52. The highest BCUT2D eigenvalue weighted by Gasteiger charge is 2.18. The molecule has 1 aliphatic heterocycles. The fourth-order valence-corrected chi connectivity index (χ4v) is 2.80. The van der Waals surface area contributed by atoms with Gasteiger partial charge in [-0.05, 0) is 0 Å². The Labute approximate surface area is 133 Å². The second kappa shape index (κ2) is 5.86. The zero-order chi connectivity index (χ0) is 15.6. The maximum absolute atomic E-state index is 5.57. The van der Waals surface area contributed by atoms with Crippen LogP contribution in [0.3, 0.4) is 0 Å². The van der Waals surface area contributed by atoms with Gasteiger partial charge in [-0.1, -0.05) is 30.3 Å². The normalized spacial score (nSPS) is 15.1. The van der Waals surface area contributed by atoms with E-state index in [2.05, 4.69) is 15.3 Å². The van der Waals surface area contributed by atoms with E-state index in [0.29, 0.717) is 19.0 Å². The number of aromatic nitrogens is 3. The van der Waals surface area contributed by atoms with Crippen molar-refractivity contribution in [3.8, 4) is 11.3 Å². The quantitative estimate of drug-likeness (QED) is 0.564. The van der Waals surface area contributed by atoms with E-state index in [9.17, 15) is 0 Å². The van der Waals surface area contributed by atoms with E-state index in [-0.39, 0.29) is 0 Å².